The number of hydrogen-bond donors (Lipinski definition) is 3. The lowest BCUT2D eigenvalue weighted by molar-refractivity contribution is 0.187. The second kappa shape index (κ2) is 7.50. The van der Waals surface area contributed by atoms with Crippen LogP contribution in [0.25, 0.3) is 0 Å². The Morgan fingerprint density at radius 2 is 2.00 bits per heavy atom. The first kappa shape index (κ1) is 16.8. The molecule has 1 atom stereocenters. The molecule has 0 aromatic heterocycles. The number of aliphatic hydroxyl groups excluding tert-OH is 1. The zero-order valence-electron chi connectivity index (χ0n) is 12.6. The van der Waals surface area contributed by atoms with E-state index in [0.29, 0.717) is 16.5 Å². The third-order valence-electron chi connectivity index (χ3n) is 2.52. The molecule has 0 fully saturated rings. The molecule has 0 radical (unpaired) electrons. The molecule has 0 spiro atoms. The van der Waals surface area contributed by atoms with E-state index in [1.807, 2.05) is 25.1 Å². The number of halogens is 1. The van der Waals surface area contributed by atoms with E-state index in [4.69, 9.17) is 11.6 Å². The predicted molar refractivity (Wildman–Crippen MR) is 85.3 cm³/mol. The highest BCUT2D eigenvalue weighted by Gasteiger charge is 2.14. The van der Waals surface area contributed by atoms with Crippen LogP contribution in [0.1, 0.15) is 39.4 Å². The molecule has 0 aliphatic heterocycles. The van der Waals surface area contributed by atoms with Crippen LogP contribution in [0.5, 0.6) is 0 Å². The molecular formula is C15H24ClN3O. The summed E-state index contributed by atoms with van der Waals surface area (Å²) in [5, 5.41) is 17.2. The number of benzene rings is 1. The maximum absolute atomic E-state index is 10.2. The lowest BCUT2D eigenvalue weighted by Crippen LogP contribution is -2.47. The Bertz CT molecular complexity index is 455. The second-order valence-corrected chi connectivity index (χ2v) is 6.04. The van der Waals surface area contributed by atoms with Gasteiger partial charge in [0.25, 0.3) is 0 Å². The SMILES string of the molecule is CCNC(=NCC(O)c1ccccc1Cl)NC(C)(C)C. The minimum absolute atomic E-state index is 0.0870. The summed E-state index contributed by atoms with van der Waals surface area (Å²) in [6, 6.07) is 7.27. The molecule has 1 aromatic rings. The molecule has 1 aromatic carbocycles. The molecule has 0 bridgehead atoms. The Morgan fingerprint density at radius 1 is 1.35 bits per heavy atom. The van der Waals surface area contributed by atoms with Crippen LogP contribution in [0.3, 0.4) is 0 Å². The van der Waals surface area contributed by atoms with Gasteiger partial charge < -0.3 is 15.7 Å². The lowest BCUT2D eigenvalue weighted by atomic mass is 10.1. The van der Waals surface area contributed by atoms with Crippen LogP contribution >= 0.6 is 11.6 Å². The van der Waals surface area contributed by atoms with Crippen LogP contribution in [0.2, 0.25) is 5.02 Å². The average Bonchev–Trinajstić information content (AvgIpc) is 2.34. The summed E-state index contributed by atoms with van der Waals surface area (Å²) in [5.74, 6) is 0.686. The Morgan fingerprint density at radius 3 is 2.55 bits per heavy atom. The summed E-state index contributed by atoms with van der Waals surface area (Å²) < 4.78 is 0. The Kier molecular flexibility index (Phi) is 6.30. The number of nitrogens with one attached hydrogen (secondary N) is 2. The van der Waals surface area contributed by atoms with Crippen LogP contribution < -0.4 is 10.6 Å². The van der Waals surface area contributed by atoms with E-state index in [9.17, 15) is 5.11 Å². The van der Waals surface area contributed by atoms with Gasteiger partial charge in [0.15, 0.2) is 5.96 Å². The van der Waals surface area contributed by atoms with Gasteiger partial charge in [0.1, 0.15) is 6.10 Å². The van der Waals surface area contributed by atoms with Crippen molar-refractivity contribution in [2.45, 2.75) is 39.3 Å². The molecule has 0 saturated heterocycles. The fraction of sp³-hybridized carbons (Fsp3) is 0.533. The standard InChI is InChI=1S/C15H24ClN3O/c1-5-17-14(19-15(2,3)4)18-10-13(20)11-8-6-7-9-12(11)16/h6-9,13,20H,5,10H2,1-4H3,(H2,17,18,19). The Balaban J connectivity index is 2.74. The number of aliphatic hydroxyl groups is 1. The van der Waals surface area contributed by atoms with Crippen molar-refractivity contribution >= 4 is 17.6 Å². The summed E-state index contributed by atoms with van der Waals surface area (Å²) in [6.07, 6.45) is -0.709. The molecule has 5 heteroatoms. The van der Waals surface area contributed by atoms with Crippen molar-refractivity contribution < 1.29 is 5.11 Å². The summed E-state index contributed by atoms with van der Waals surface area (Å²) in [4.78, 5) is 4.40. The molecule has 4 nitrogen and oxygen atoms in total. The molecule has 112 valence electrons. The highest BCUT2D eigenvalue weighted by atomic mass is 35.5. The third kappa shape index (κ3) is 5.80. The monoisotopic (exact) mass is 297 g/mol. The Labute approximate surface area is 126 Å². The van der Waals surface area contributed by atoms with Gasteiger partial charge in [0.2, 0.25) is 0 Å². The van der Waals surface area contributed by atoms with Crippen molar-refractivity contribution in [3.8, 4) is 0 Å². The highest BCUT2D eigenvalue weighted by molar-refractivity contribution is 6.31. The molecule has 0 aliphatic carbocycles. The van der Waals surface area contributed by atoms with E-state index >= 15 is 0 Å². The van der Waals surface area contributed by atoms with Gasteiger partial charge in [-0.1, -0.05) is 29.8 Å². The fourth-order valence-corrected chi connectivity index (χ4v) is 1.95. The van der Waals surface area contributed by atoms with Gasteiger partial charge in [-0.25, -0.2) is 0 Å². The molecular weight excluding hydrogens is 274 g/mol. The van der Waals surface area contributed by atoms with Crippen LogP contribution in [-0.2, 0) is 0 Å². The zero-order chi connectivity index (χ0) is 15.2. The van der Waals surface area contributed by atoms with Gasteiger partial charge in [0, 0.05) is 22.7 Å². The van der Waals surface area contributed by atoms with Crippen molar-refractivity contribution in [1.82, 2.24) is 10.6 Å². The van der Waals surface area contributed by atoms with Crippen molar-refractivity contribution in [2.24, 2.45) is 4.99 Å². The van der Waals surface area contributed by atoms with Crippen molar-refractivity contribution in [3.05, 3.63) is 34.9 Å². The van der Waals surface area contributed by atoms with Gasteiger partial charge >= 0.3 is 0 Å². The molecule has 1 rings (SSSR count). The quantitative estimate of drug-likeness (QED) is 0.592. The molecule has 3 N–H and O–H groups in total. The van der Waals surface area contributed by atoms with Crippen LogP contribution in [0.15, 0.2) is 29.3 Å². The van der Waals surface area contributed by atoms with E-state index < -0.39 is 6.10 Å². The summed E-state index contributed by atoms with van der Waals surface area (Å²) in [5.41, 5.74) is 0.612. The van der Waals surface area contributed by atoms with E-state index in [1.165, 1.54) is 0 Å². The normalized spacial score (nSPS) is 14.0. The van der Waals surface area contributed by atoms with E-state index in [0.717, 1.165) is 6.54 Å². The molecule has 0 saturated carbocycles. The first-order valence-corrected chi connectivity index (χ1v) is 7.20. The molecule has 0 amide bonds. The minimum Gasteiger partial charge on any atom is -0.386 e. The highest BCUT2D eigenvalue weighted by Crippen LogP contribution is 2.22. The third-order valence-corrected chi connectivity index (χ3v) is 2.87. The first-order valence-electron chi connectivity index (χ1n) is 6.82. The molecule has 0 heterocycles. The molecule has 1 unspecified atom stereocenters. The smallest absolute Gasteiger partial charge is 0.191 e. The number of aliphatic imine (C=N–C) groups is 1. The van der Waals surface area contributed by atoms with Gasteiger partial charge in [-0.2, -0.15) is 0 Å². The minimum atomic E-state index is -0.709. The maximum Gasteiger partial charge on any atom is 0.191 e. The van der Waals surface area contributed by atoms with E-state index in [-0.39, 0.29) is 12.1 Å². The van der Waals surface area contributed by atoms with E-state index in [2.05, 4.69) is 36.4 Å². The topological polar surface area (TPSA) is 56.7 Å². The molecule has 20 heavy (non-hydrogen) atoms. The largest absolute Gasteiger partial charge is 0.386 e. The molecule has 0 aliphatic rings. The zero-order valence-corrected chi connectivity index (χ0v) is 13.3. The van der Waals surface area contributed by atoms with Crippen molar-refractivity contribution in [2.75, 3.05) is 13.1 Å². The summed E-state index contributed by atoms with van der Waals surface area (Å²) in [7, 11) is 0. The first-order chi connectivity index (χ1) is 9.33. The average molecular weight is 298 g/mol. The van der Waals surface area contributed by atoms with Gasteiger partial charge in [-0.3, -0.25) is 4.99 Å². The van der Waals surface area contributed by atoms with Gasteiger partial charge in [0.05, 0.1) is 6.54 Å². The van der Waals surface area contributed by atoms with Gasteiger partial charge in [-0.15, -0.1) is 0 Å². The number of rotatable bonds is 4. The number of hydrogen-bond acceptors (Lipinski definition) is 2. The van der Waals surface area contributed by atoms with Crippen LogP contribution in [0, 0.1) is 0 Å². The number of guanidine groups is 1. The fourth-order valence-electron chi connectivity index (χ4n) is 1.68. The number of nitrogens with zero attached hydrogens (tertiary/aromatic N) is 1. The van der Waals surface area contributed by atoms with Crippen molar-refractivity contribution in [3.63, 3.8) is 0 Å². The van der Waals surface area contributed by atoms with Crippen LogP contribution in [0.4, 0.5) is 0 Å². The van der Waals surface area contributed by atoms with Crippen LogP contribution in [-0.4, -0.2) is 29.7 Å². The summed E-state index contributed by atoms with van der Waals surface area (Å²) >= 11 is 6.06. The van der Waals surface area contributed by atoms with Gasteiger partial charge in [-0.05, 0) is 33.8 Å². The summed E-state index contributed by atoms with van der Waals surface area (Å²) in [6.45, 7) is 9.21. The second-order valence-electron chi connectivity index (χ2n) is 5.63. The predicted octanol–water partition coefficient (Wildman–Crippen LogP) is 2.73. The maximum atomic E-state index is 10.2. The van der Waals surface area contributed by atoms with E-state index in [1.54, 1.807) is 6.07 Å². The lowest BCUT2D eigenvalue weighted by Gasteiger charge is -2.24. The van der Waals surface area contributed by atoms with Crippen molar-refractivity contribution in [1.29, 1.82) is 0 Å². The Hall–Kier alpha value is -1.26.